The zero-order valence-electron chi connectivity index (χ0n) is 7.83. The molecule has 0 bridgehead atoms. The van der Waals surface area contributed by atoms with E-state index < -0.39 is 33.9 Å². The number of hydrogen-bond acceptors (Lipinski definition) is 0. The molecule has 17 heavy (non-hydrogen) atoms. The van der Waals surface area contributed by atoms with Gasteiger partial charge in [-0.2, -0.15) is 26.3 Å². The number of alkyl halides is 8. The van der Waals surface area contributed by atoms with Crippen molar-refractivity contribution in [3.8, 4) is 0 Å². The second-order valence-electron chi connectivity index (χ2n) is 3.10. The van der Waals surface area contributed by atoms with Crippen molar-refractivity contribution in [2.45, 2.75) is 17.2 Å². The molecule has 0 spiro atoms. The average Bonchev–Trinajstić information content (AvgIpc) is 2.14. The van der Waals surface area contributed by atoms with Gasteiger partial charge in [-0.05, 0) is 23.8 Å². The SMILES string of the molecule is FC(F)(F)c1ccc(C(F)(F)F)c(C(Cl)Cl)c1. The predicted octanol–water partition coefficient (Wildman–Crippen LogP) is 5.20. The molecule has 0 aliphatic rings. The molecule has 0 nitrogen and oxygen atoms in total. The standard InChI is InChI=1S/C9H4Cl2F6/c10-7(11)5-3-4(8(12,13)14)1-2-6(5)9(15,16)17/h1-3,7H. The van der Waals surface area contributed by atoms with Crippen molar-refractivity contribution in [1.29, 1.82) is 0 Å². The molecule has 0 amide bonds. The minimum atomic E-state index is -4.80. The van der Waals surface area contributed by atoms with Crippen LogP contribution in [0.15, 0.2) is 18.2 Å². The first kappa shape index (κ1) is 14.4. The average molecular weight is 297 g/mol. The van der Waals surface area contributed by atoms with Crippen LogP contribution in [0, 0.1) is 0 Å². The summed E-state index contributed by atoms with van der Waals surface area (Å²) in [4.78, 5) is -1.69. The van der Waals surface area contributed by atoms with Gasteiger partial charge in [-0.25, -0.2) is 0 Å². The number of halogens is 8. The second-order valence-corrected chi connectivity index (χ2v) is 4.19. The van der Waals surface area contributed by atoms with Crippen molar-refractivity contribution in [3.63, 3.8) is 0 Å². The van der Waals surface area contributed by atoms with Crippen LogP contribution in [0.25, 0.3) is 0 Å². The lowest BCUT2D eigenvalue weighted by Gasteiger charge is -2.16. The van der Waals surface area contributed by atoms with E-state index in [4.69, 9.17) is 23.2 Å². The Morgan fingerprint density at radius 3 is 1.76 bits per heavy atom. The third kappa shape index (κ3) is 3.42. The fraction of sp³-hybridized carbons (Fsp3) is 0.333. The molecule has 0 saturated carbocycles. The summed E-state index contributed by atoms with van der Waals surface area (Å²) >= 11 is 10.5. The van der Waals surface area contributed by atoms with Gasteiger partial charge in [0.2, 0.25) is 0 Å². The first-order chi connectivity index (χ1) is 7.53. The van der Waals surface area contributed by atoms with Gasteiger partial charge >= 0.3 is 12.4 Å². The lowest BCUT2D eigenvalue weighted by atomic mass is 10.0. The Labute approximate surface area is 102 Å². The maximum atomic E-state index is 12.4. The van der Waals surface area contributed by atoms with Gasteiger partial charge in [0.25, 0.3) is 0 Å². The van der Waals surface area contributed by atoms with Gasteiger partial charge in [-0.3, -0.25) is 0 Å². The van der Waals surface area contributed by atoms with E-state index in [2.05, 4.69) is 0 Å². The summed E-state index contributed by atoms with van der Waals surface area (Å²) in [5.74, 6) is 0. The minimum absolute atomic E-state index is 0.299. The van der Waals surface area contributed by atoms with Crippen molar-refractivity contribution < 1.29 is 26.3 Å². The van der Waals surface area contributed by atoms with Gasteiger partial charge < -0.3 is 0 Å². The van der Waals surface area contributed by atoms with E-state index in [1.807, 2.05) is 0 Å². The minimum Gasteiger partial charge on any atom is -0.166 e. The third-order valence-corrected chi connectivity index (χ3v) is 2.39. The molecule has 1 aromatic carbocycles. The molecule has 96 valence electrons. The molecule has 8 heteroatoms. The molecular formula is C9H4Cl2F6. The summed E-state index contributed by atoms with van der Waals surface area (Å²) in [6.07, 6.45) is -9.55. The monoisotopic (exact) mass is 296 g/mol. The molecule has 0 aromatic heterocycles. The zero-order chi connectivity index (χ0) is 13.4. The van der Waals surface area contributed by atoms with Crippen LogP contribution >= 0.6 is 23.2 Å². The van der Waals surface area contributed by atoms with Crippen LogP contribution in [0.3, 0.4) is 0 Å². The van der Waals surface area contributed by atoms with Gasteiger partial charge in [0.1, 0.15) is 4.84 Å². The van der Waals surface area contributed by atoms with Crippen LogP contribution in [0.5, 0.6) is 0 Å². The highest BCUT2D eigenvalue weighted by molar-refractivity contribution is 6.44. The first-order valence-corrected chi connectivity index (χ1v) is 4.97. The number of rotatable bonds is 1. The molecular weight excluding hydrogens is 293 g/mol. The molecule has 0 radical (unpaired) electrons. The summed E-state index contributed by atoms with van der Waals surface area (Å²) in [7, 11) is 0. The van der Waals surface area contributed by atoms with E-state index in [1.54, 1.807) is 0 Å². The number of benzene rings is 1. The Morgan fingerprint density at radius 1 is 0.882 bits per heavy atom. The van der Waals surface area contributed by atoms with Crippen molar-refractivity contribution in [3.05, 3.63) is 34.9 Å². The van der Waals surface area contributed by atoms with Crippen molar-refractivity contribution in [1.82, 2.24) is 0 Å². The lowest BCUT2D eigenvalue weighted by molar-refractivity contribution is -0.141. The molecule has 1 rings (SSSR count). The highest BCUT2D eigenvalue weighted by Gasteiger charge is 2.38. The van der Waals surface area contributed by atoms with Crippen molar-refractivity contribution in [2.75, 3.05) is 0 Å². The van der Waals surface area contributed by atoms with Crippen LogP contribution in [0.1, 0.15) is 21.5 Å². The van der Waals surface area contributed by atoms with E-state index >= 15 is 0 Å². The van der Waals surface area contributed by atoms with Crippen LogP contribution in [-0.2, 0) is 12.4 Å². The van der Waals surface area contributed by atoms with E-state index in [1.165, 1.54) is 0 Å². The van der Waals surface area contributed by atoms with Gasteiger partial charge in [0.05, 0.1) is 11.1 Å². The smallest absolute Gasteiger partial charge is 0.166 e. The molecule has 1 aromatic rings. The Bertz CT molecular complexity index is 407. The van der Waals surface area contributed by atoms with Gasteiger partial charge in [0, 0.05) is 0 Å². The number of hydrogen-bond donors (Lipinski definition) is 0. The largest absolute Gasteiger partial charge is 0.416 e. The lowest BCUT2D eigenvalue weighted by Crippen LogP contribution is -2.12. The second kappa shape index (κ2) is 4.57. The van der Waals surface area contributed by atoms with Crippen LogP contribution in [-0.4, -0.2) is 0 Å². The Balaban J connectivity index is 3.38. The Kier molecular flexibility index (Phi) is 3.88. The third-order valence-electron chi connectivity index (χ3n) is 1.92. The fourth-order valence-corrected chi connectivity index (χ4v) is 1.54. The first-order valence-electron chi connectivity index (χ1n) is 4.10. The van der Waals surface area contributed by atoms with Crippen LogP contribution in [0.4, 0.5) is 26.3 Å². The topological polar surface area (TPSA) is 0 Å². The summed E-state index contributed by atoms with van der Waals surface area (Å²) in [5, 5.41) is 0. The molecule has 0 unspecified atom stereocenters. The fourth-order valence-electron chi connectivity index (χ4n) is 1.18. The molecule has 0 fully saturated rings. The highest BCUT2D eigenvalue weighted by atomic mass is 35.5. The molecule has 0 aliphatic heterocycles. The van der Waals surface area contributed by atoms with Crippen LogP contribution in [0.2, 0.25) is 0 Å². The molecule has 0 atom stereocenters. The van der Waals surface area contributed by atoms with Crippen LogP contribution < -0.4 is 0 Å². The van der Waals surface area contributed by atoms with Gasteiger partial charge in [-0.15, -0.1) is 23.2 Å². The molecule has 0 saturated heterocycles. The Hall–Kier alpha value is -0.620. The Morgan fingerprint density at radius 2 is 1.41 bits per heavy atom. The zero-order valence-corrected chi connectivity index (χ0v) is 9.34. The molecule has 0 N–H and O–H groups in total. The van der Waals surface area contributed by atoms with E-state index in [0.29, 0.717) is 18.2 Å². The summed E-state index contributed by atoms with van der Waals surface area (Å²) in [5.41, 5.74) is -3.32. The normalized spacial score (nSPS) is 13.2. The van der Waals surface area contributed by atoms with E-state index in [-0.39, 0.29) is 0 Å². The predicted molar refractivity (Wildman–Crippen MR) is 50.9 cm³/mol. The van der Waals surface area contributed by atoms with Gasteiger partial charge in [0.15, 0.2) is 0 Å². The highest BCUT2D eigenvalue weighted by Crippen LogP contribution is 2.41. The maximum absolute atomic E-state index is 12.4. The summed E-state index contributed by atoms with van der Waals surface area (Å²) in [6.45, 7) is 0. The van der Waals surface area contributed by atoms with E-state index in [9.17, 15) is 26.3 Å². The van der Waals surface area contributed by atoms with Crippen molar-refractivity contribution >= 4 is 23.2 Å². The van der Waals surface area contributed by atoms with E-state index in [0.717, 1.165) is 0 Å². The maximum Gasteiger partial charge on any atom is 0.416 e. The summed E-state index contributed by atoms with van der Waals surface area (Å²) < 4.78 is 74.2. The molecule has 0 aliphatic carbocycles. The quantitative estimate of drug-likeness (QED) is 0.493. The van der Waals surface area contributed by atoms with Crippen molar-refractivity contribution in [2.24, 2.45) is 0 Å². The van der Waals surface area contributed by atoms with Gasteiger partial charge in [-0.1, -0.05) is 0 Å². The summed E-state index contributed by atoms with van der Waals surface area (Å²) in [6, 6.07) is 0.950. The molecule has 0 heterocycles.